The van der Waals surface area contributed by atoms with E-state index < -0.39 is 0 Å². The second-order valence-electron chi connectivity index (χ2n) is 7.99. The van der Waals surface area contributed by atoms with Crippen LogP contribution in [-0.2, 0) is 11.3 Å². The van der Waals surface area contributed by atoms with Crippen LogP contribution < -0.4 is 10.6 Å². The molecule has 2 fully saturated rings. The van der Waals surface area contributed by atoms with Gasteiger partial charge in [0.05, 0.1) is 0 Å². The molecule has 7 heteroatoms. The molecule has 0 unspecified atom stereocenters. The molecule has 0 radical (unpaired) electrons. The number of hydrogen-bond acceptors (Lipinski definition) is 3. The predicted molar refractivity (Wildman–Crippen MR) is 131 cm³/mol. The molecule has 1 heterocycles. The molecule has 2 N–H and O–H groups in total. The van der Waals surface area contributed by atoms with Crippen LogP contribution in [0.2, 0.25) is 0 Å². The lowest BCUT2D eigenvalue weighted by Gasteiger charge is -2.33. The van der Waals surface area contributed by atoms with Crippen molar-refractivity contribution in [1.82, 2.24) is 15.5 Å². The molecule has 0 spiro atoms. The lowest BCUT2D eigenvalue weighted by Crippen LogP contribution is -2.49. The Labute approximate surface area is 195 Å². The highest BCUT2D eigenvalue weighted by molar-refractivity contribution is 14.0. The van der Waals surface area contributed by atoms with Gasteiger partial charge in [0.2, 0.25) is 0 Å². The van der Waals surface area contributed by atoms with Crippen LogP contribution in [0, 0.1) is 5.41 Å². The Morgan fingerprint density at radius 2 is 1.93 bits per heavy atom. The third kappa shape index (κ3) is 7.46. The number of aliphatic imine (C=N–C) groups is 1. The van der Waals surface area contributed by atoms with Gasteiger partial charge in [-0.15, -0.1) is 24.0 Å². The Kier molecular flexibility index (Phi) is 10.00. The molecule has 158 valence electrons. The van der Waals surface area contributed by atoms with Crippen LogP contribution in [0.4, 0.5) is 0 Å². The molecular weight excluding hydrogens is 531 g/mol. The first-order chi connectivity index (χ1) is 13.1. The highest BCUT2D eigenvalue weighted by Gasteiger charge is 2.42. The first kappa shape index (κ1) is 23.9. The van der Waals surface area contributed by atoms with Gasteiger partial charge in [0.15, 0.2) is 5.96 Å². The van der Waals surface area contributed by atoms with E-state index in [0.717, 1.165) is 62.5 Å². The molecule has 1 saturated heterocycles. The fourth-order valence-electron chi connectivity index (χ4n) is 3.75. The normalized spacial score (nSPS) is 19.8. The smallest absolute Gasteiger partial charge is 0.191 e. The van der Waals surface area contributed by atoms with Crippen molar-refractivity contribution in [2.45, 2.75) is 44.7 Å². The van der Waals surface area contributed by atoms with E-state index in [0.29, 0.717) is 11.5 Å². The Hall–Kier alpha value is -0.380. The molecule has 0 aromatic heterocycles. The standard InChI is InChI=1S/C21H33BrN4O.HI/c1-23-20(24-16-21(9-10-21)11-14-27-2)25-19-7-12-26(13-8-19)15-17-3-5-18(22)6-4-17;/h3-6,19H,7-16H2,1-2H3,(H2,23,24,25);1H. The van der Waals surface area contributed by atoms with Gasteiger partial charge < -0.3 is 15.4 Å². The summed E-state index contributed by atoms with van der Waals surface area (Å²) in [5.41, 5.74) is 1.81. The van der Waals surface area contributed by atoms with Crippen molar-refractivity contribution >= 4 is 45.9 Å². The van der Waals surface area contributed by atoms with E-state index in [1.807, 2.05) is 7.05 Å². The van der Waals surface area contributed by atoms with Crippen LogP contribution in [0.15, 0.2) is 33.7 Å². The summed E-state index contributed by atoms with van der Waals surface area (Å²) in [6.07, 6.45) is 6.06. The molecule has 1 aliphatic carbocycles. The maximum absolute atomic E-state index is 5.25. The average Bonchev–Trinajstić information content (AvgIpc) is 3.47. The van der Waals surface area contributed by atoms with E-state index in [1.54, 1.807) is 7.11 Å². The van der Waals surface area contributed by atoms with Crippen LogP contribution in [0.3, 0.4) is 0 Å². The number of likely N-dealkylation sites (tertiary alicyclic amines) is 1. The Balaban J connectivity index is 0.00000280. The SMILES string of the molecule is CN=C(NCC1(CCOC)CC1)NC1CCN(Cc2ccc(Br)cc2)CC1.I. The molecule has 2 aliphatic rings. The molecule has 1 aliphatic heterocycles. The van der Waals surface area contributed by atoms with Gasteiger partial charge in [0, 0.05) is 57.5 Å². The predicted octanol–water partition coefficient (Wildman–Crippen LogP) is 4.01. The molecule has 1 aromatic rings. The van der Waals surface area contributed by atoms with Crippen molar-refractivity contribution in [1.29, 1.82) is 0 Å². The highest BCUT2D eigenvalue weighted by atomic mass is 127. The minimum Gasteiger partial charge on any atom is -0.385 e. The third-order valence-corrected chi connectivity index (χ3v) is 6.42. The number of rotatable bonds is 8. The van der Waals surface area contributed by atoms with Crippen LogP contribution >= 0.6 is 39.9 Å². The average molecular weight is 565 g/mol. The van der Waals surface area contributed by atoms with Crippen LogP contribution in [0.25, 0.3) is 0 Å². The molecular formula is C21H34BrIN4O. The molecule has 0 atom stereocenters. The van der Waals surface area contributed by atoms with Gasteiger partial charge in [-0.1, -0.05) is 28.1 Å². The summed E-state index contributed by atoms with van der Waals surface area (Å²) in [6.45, 7) is 5.14. The first-order valence-corrected chi connectivity index (χ1v) is 10.8. The summed E-state index contributed by atoms with van der Waals surface area (Å²) >= 11 is 3.50. The summed E-state index contributed by atoms with van der Waals surface area (Å²) in [6, 6.07) is 9.16. The van der Waals surface area contributed by atoms with Gasteiger partial charge >= 0.3 is 0 Å². The number of nitrogens with one attached hydrogen (secondary N) is 2. The molecule has 1 aromatic carbocycles. The largest absolute Gasteiger partial charge is 0.385 e. The van der Waals surface area contributed by atoms with Gasteiger partial charge in [0.1, 0.15) is 0 Å². The minimum atomic E-state index is 0. The van der Waals surface area contributed by atoms with Gasteiger partial charge in [-0.2, -0.15) is 0 Å². The van der Waals surface area contributed by atoms with Crippen molar-refractivity contribution < 1.29 is 4.74 Å². The fourth-order valence-corrected chi connectivity index (χ4v) is 4.02. The van der Waals surface area contributed by atoms with Crippen molar-refractivity contribution in [3.8, 4) is 0 Å². The van der Waals surface area contributed by atoms with Crippen molar-refractivity contribution in [2.75, 3.05) is 40.4 Å². The van der Waals surface area contributed by atoms with Gasteiger partial charge in [-0.25, -0.2) is 0 Å². The topological polar surface area (TPSA) is 48.9 Å². The van der Waals surface area contributed by atoms with Gasteiger partial charge in [-0.05, 0) is 55.2 Å². The summed E-state index contributed by atoms with van der Waals surface area (Å²) in [5.74, 6) is 0.949. The molecule has 1 saturated carbocycles. The monoisotopic (exact) mass is 564 g/mol. The zero-order valence-electron chi connectivity index (χ0n) is 17.0. The fraction of sp³-hybridized carbons (Fsp3) is 0.667. The summed E-state index contributed by atoms with van der Waals surface area (Å²) in [4.78, 5) is 6.98. The van der Waals surface area contributed by atoms with Crippen molar-refractivity contribution in [2.24, 2.45) is 10.4 Å². The second kappa shape index (κ2) is 11.7. The number of guanidine groups is 1. The number of methoxy groups -OCH3 is 1. The number of nitrogens with zero attached hydrogens (tertiary/aromatic N) is 2. The maximum Gasteiger partial charge on any atom is 0.191 e. The maximum atomic E-state index is 5.25. The zero-order valence-corrected chi connectivity index (χ0v) is 21.0. The van der Waals surface area contributed by atoms with Crippen LogP contribution in [-0.4, -0.2) is 57.3 Å². The van der Waals surface area contributed by atoms with Crippen molar-refractivity contribution in [3.05, 3.63) is 34.3 Å². The van der Waals surface area contributed by atoms with E-state index in [1.165, 1.54) is 18.4 Å². The molecule has 5 nitrogen and oxygen atoms in total. The third-order valence-electron chi connectivity index (χ3n) is 5.90. The van der Waals surface area contributed by atoms with Crippen molar-refractivity contribution in [3.63, 3.8) is 0 Å². The molecule has 0 amide bonds. The van der Waals surface area contributed by atoms with Crippen LogP contribution in [0.5, 0.6) is 0 Å². The highest BCUT2D eigenvalue weighted by Crippen LogP contribution is 2.48. The number of benzene rings is 1. The van der Waals surface area contributed by atoms with E-state index in [9.17, 15) is 0 Å². The summed E-state index contributed by atoms with van der Waals surface area (Å²) in [5, 5.41) is 7.18. The van der Waals surface area contributed by atoms with Gasteiger partial charge in [-0.3, -0.25) is 9.89 Å². The lowest BCUT2D eigenvalue weighted by molar-refractivity contribution is 0.172. The van der Waals surface area contributed by atoms with Crippen LogP contribution in [0.1, 0.15) is 37.7 Å². The second-order valence-corrected chi connectivity index (χ2v) is 8.91. The number of piperidine rings is 1. The van der Waals surface area contributed by atoms with E-state index in [2.05, 4.69) is 60.7 Å². The number of halogens is 2. The van der Waals surface area contributed by atoms with E-state index >= 15 is 0 Å². The first-order valence-electron chi connectivity index (χ1n) is 10.1. The number of ether oxygens (including phenoxy) is 1. The minimum absolute atomic E-state index is 0. The Morgan fingerprint density at radius 3 is 2.50 bits per heavy atom. The Morgan fingerprint density at radius 1 is 1.25 bits per heavy atom. The van der Waals surface area contributed by atoms with E-state index in [-0.39, 0.29) is 24.0 Å². The summed E-state index contributed by atoms with van der Waals surface area (Å²) < 4.78 is 6.39. The van der Waals surface area contributed by atoms with Gasteiger partial charge in [0.25, 0.3) is 0 Å². The quantitative estimate of drug-likeness (QED) is 0.284. The zero-order chi connectivity index (χ0) is 19.1. The molecule has 28 heavy (non-hydrogen) atoms. The lowest BCUT2D eigenvalue weighted by atomic mass is 10.0. The number of hydrogen-bond donors (Lipinski definition) is 2. The molecule has 0 bridgehead atoms. The summed E-state index contributed by atoms with van der Waals surface area (Å²) in [7, 11) is 3.65. The van der Waals surface area contributed by atoms with E-state index in [4.69, 9.17) is 4.74 Å². The Bertz CT molecular complexity index is 613. The molecule has 3 rings (SSSR count).